The average molecular weight is 424 g/mol. The highest BCUT2D eigenvalue weighted by Gasteiger charge is 2.25. The molecule has 0 unspecified atom stereocenters. The molecule has 4 aromatic rings. The maximum absolute atomic E-state index is 9.45. The Kier molecular flexibility index (Phi) is 4.96. The van der Waals surface area contributed by atoms with Gasteiger partial charge in [-0.25, -0.2) is 19.9 Å². The summed E-state index contributed by atoms with van der Waals surface area (Å²) in [7, 11) is 1.83. The highest BCUT2D eigenvalue weighted by Crippen LogP contribution is 2.32. The van der Waals surface area contributed by atoms with Crippen molar-refractivity contribution in [1.82, 2.24) is 34.3 Å². The van der Waals surface area contributed by atoms with Crippen LogP contribution in [0.1, 0.15) is 42.9 Å². The Morgan fingerprint density at radius 2 is 2.00 bits per heavy atom. The Morgan fingerprint density at radius 3 is 2.78 bits per heavy atom. The molecule has 1 saturated carbocycles. The molecule has 1 N–H and O–H groups in total. The lowest BCUT2D eigenvalue weighted by molar-refractivity contribution is 0.335. The summed E-state index contributed by atoms with van der Waals surface area (Å²) in [6.07, 6.45) is 12.4. The first kappa shape index (κ1) is 19.6. The van der Waals surface area contributed by atoms with E-state index in [1.165, 1.54) is 0 Å². The van der Waals surface area contributed by atoms with E-state index in [0.717, 1.165) is 42.4 Å². The van der Waals surface area contributed by atoms with Crippen LogP contribution in [0, 0.1) is 22.7 Å². The Hall–Kier alpha value is -4.31. The molecule has 2 atom stereocenters. The van der Waals surface area contributed by atoms with Crippen LogP contribution in [0.4, 0.5) is 5.95 Å². The predicted molar refractivity (Wildman–Crippen MR) is 116 cm³/mol. The van der Waals surface area contributed by atoms with Crippen LogP contribution < -0.4 is 5.32 Å². The number of pyridine rings is 1. The monoisotopic (exact) mass is 424 g/mol. The Bertz CT molecular complexity index is 1370. The topological polar surface area (TPSA) is 134 Å². The molecule has 4 heterocycles. The molecule has 1 aliphatic carbocycles. The van der Waals surface area contributed by atoms with Crippen molar-refractivity contribution in [3.05, 3.63) is 48.3 Å². The highest BCUT2D eigenvalue weighted by atomic mass is 15.2. The first-order valence-corrected chi connectivity index (χ1v) is 10.4. The van der Waals surface area contributed by atoms with E-state index in [1.54, 1.807) is 29.3 Å². The number of nitrogens with one attached hydrogen (secondary N) is 1. The number of anilines is 1. The lowest BCUT2D eigenvalue weighted by Crippen LogP contribution is -2.29. The molecule has 0 spiro atoms. The molecular weight excluding hydrogens is 404 g/mol. The predicted octanol–water partition coefficient (Wildman–Crippen LogP) is 2.96. The van der Waals surface area contributed by atoms with Gasteiger partial charge in [0.2, 0.25) is 5.95 Å². The Labute approximate surface area is 184 Å². The lowest BCUT2D eigenvalue weighted by atomic mass is 9.91. The van der Waals surface area contributed by atoms with Crippen LogP contribution in [-0.2, 0) is 7.05 Å². The third-order valence-electron chi connectivity index (χ3n) is 5.80. The fraction of sp³-hybridized carbons (Fsp3) is 0.318. The lowest BCUT2D eigenvalue weighted by Gasteiger charge is -2.30. The molecule has 5 rings (SSSR count). The van der Waals surface area contributed by atoms with Crippen molar-refractivity contribution >= 4 is 17.1 Å². The van der Waals surface area contributed by atoms with Gasteiger partial charge in [0.15, 0.2) is 5.65 Å². The molecule has 32 heavy (non-hydrogen) atoms. The van der Waals surface area contributed by atoms with Crippen molar-refractivity contribution in [2.75, 3.05) is 5.32 Å². The van der Waals surface area contributed by atoms with Gasteiger partial charge in [-0.1, -0.05) is 0 Å². The minimum absolute atomic E-state index is 0.180. The zero-order chi connectivity index (χ0) is 22.1. The van der Waals surface area contributed by atoms with Crippen molar-refractivity contribution in [1.29, 1.82) is 10.5 Å². The van der Waals surface area contributed by atoms with E-state index >= 15 is 0 Å². The molecule has 0 saturated heterocycles. The van der Waals surface area contributed by atoms with Crippen LogP contribution in [0.2, 0.25) is 0 Å². The largest absolute Gasteiger partial charge is 0.351 e. The molecule has 0 bridgehead atoms. The zero-order valence-corrected chi connectivity index (χ0v) is 17.5. The third-order valence-corrected chi connectivity index (χ3v) is 5.80. The molecule has 4 aromatic heterocycles. The SMILES string of the molecule is Cn1cc(-c2nc(N[C@@H]3CCC[C@H](n4cnc5cc(C#N)cnc54)C3)ncc2C#N)cn1. The van der Waals surface area contributed by atoms with Crippen molar-refractivity contribution in [3.63, 3.8) is 0 Å². The highest BCUT2D eigenvalue weighted by molar-refractivity contribution is 5.72. The molecule has 0 amide bonds. The molecular formula is C22H20N10. The number of imidazole rings is 1. The number of hydrogen-bond donors (Lipinski definition) is 1. The van der Waals surface area contributed by atoms with Crippen LogP contribution >= 0.6 is 0 Å². The van der Waals surface area contributed by atoms with Gasteiger partial charge in [0.1, 0.15) is 17.7 Å². The van der Waals surface area contributed by atoms with Crippen molar-refractivity contribution in [2.45, 2.75) is 37.8 Å². The number of nitriles is 2. The normalized spacial score (nSPS) is 18.2. The number of aromatic nitrogens is 7. The number of fused-ring (bicyclic) bond motifs is 1. The molecule has 10 nitrogen and oxygen atoms in total. The molecule has 0 aromatic carbocycles. The standard InChI is InChI=1S/C22H20N10/c1-31-12-16(11-28-31)20-15(8-24)10-26-22(30-20)29-17-3-2-4-18(6-17)32-13-27-19-5-14(7-23)9-25-21(19)32/h5,9-13,17-18H,2-4,6H2,1H3,(H,26,29,30)/t17-,18+/m1/s1. The summed E-state index contributed by atoms with van der Waals surface area (Å²) in [6, 6.07) is 6.45. The van der Waals surface area contributed by atoms with E-state index in [4.69, 9.17) is 5.26 Å². The molecule has 0 radical (unpaired) electrons. The van der Waals surface area contributed by atoms with Gasteiger partial charge in [0.05, 0.1) is 35.5 Å². The number of nitrogens with zero attached hydrogens (tertiary/aromatic N) is 9. The van der Waals surface area contributed by atoms with Crippen LogP contribution in [0.5, 0.6) is 0 Å². The Balaban J connectivity index is 1.37. The number of hydrogen-bond acceptors (Lipinski definition) is 8. The van der Waals surface area contributed by atoms with Crippen LogP contribution in [0.3, 0.4) is 0 Å². The van der Waals surface area contributed by atoms with E-state index in [1.807, 2.05) is 19.6 Å². The van der Waals surface area contributed by atoms with E-state index in [-0.39, 0.29) is 12.1 Å². The van der Waals surface area contributed by atoms with E-state index in [2.05, 4.69) is 47.1 Å². The fourth-order valence-electron chi connectivity index (χ4n) is 4.27. The van der Waals surface area contributed by atoms with Crippen LogP contribution in [0.15, 0.2) is 37.2 Å². The average Bonchev–Trinajstić information content (AvgIpc) is 3.45. The van der Waals surface area contributed by atoms with Crippen molar-refractivity contribution in [3.8, 4) is 23.4 Å². The summed E-state index contributed by atoms with van der Waals surface area (Å²) in [4.78, 5) is 17.9. The zero-order valence-electron chi connectivity index (χ0n) is 17.5. The second-order valence-corrected chi connectivity index (χ2v) is 7.96. The summed E-state index contributed by atoms with van der Waals surface area (Å²) in [5.74, 6) is 0.501. The first-order chi connectivity index (χ1) is 15.6. The molecule has 1 fully saturated rings. The quantitative estimate of drug-likeness (QED) is 0.528. The molecule has 1 aliphatic rings. The maximum Gasteiger partial charge on any atom is 0.223 e. The third kappa shape index (κ3) is 3.63. The number of aryl methyl sites for hydroxylation is 1. The van der Waals surface area contributed by atoms with Crippen LogP contribution in [-0.4, -0.2) is 40.3 Å². The first-order valence-electron chi connectivity index (χ1n) is 10.4. The second kappa shape index (κ2) is 8.08. The summed E-state index contributed by atoms with van der Waals surface area (Å²) in [5.41, 5.74) is 3.80. The van der Waals surface area contributed by atoms with Gasteiger partial charge in [-0.3, -0.25) is 4.68 Å². The van der Waals surface area contributed by atoms with Crippen LogP contribution in [0.25, 0.3) is 22.4 Å². The van der Waals surface area contributed by atoms with E-state index < -0.39 is 0 Å². The van der Waals surface area contributed by atoms with Gasteiger partial charge in [0.25, 0.3) is 0 Å². The van der Waals surface area contributed by atoms with E-state index in [9.17, 15) is 5.26 Å². The Morgan fingerprint density at radius 1 is 1.09 bits per heavy atom. The summed E-state index contributed by atoms with van der Waals surface area (Å²) in [6.45, 7) is 0. The summed E-state index contributed by atoms with van der Waals surface area (Å²) >= 11 is 0. The van der Waals surface area contributed by atoms with Gasteiger partial charge >= 0.3 is 0 Å². The fourth-order valence-corrected chi connectivity index (χ4v) is 4.27. The van der Waals surface area contributed by atoms with Gasteiger partial charge in [0, 0.05) is 37.1 Å². The maximum atomic E-state index is 9.45. The minimum atomic E-state index is 0.180. The van der Waals surface area contributed by atoms with Crippen molar-refractivity contribution < 1.29 is 0 Å². The van der Waals surface area contributed by atoms with Gasteiger partial charge in [-0.2, -0.15) is 15.6 Å². The molecule has 10 heteroatoms. The van der Waals surface area contributed by atoms with Gasteiger partial charge in [-0.15, -0.1) is 0 Å². The molecule has 0 aliphatic heterocycles. The molecule has 158 valence electrons. The summed E-state index contributed by atoms with van der Waals surface area (Å²) in [5, 5.41) is 26.2. The van der Waals surface area contributed by atoms with Crippen molar-refractivity contribution in [2.24, 2.45) is 7.05 Å². The number of rotatable bonds is 4. The van der Waals surface area contributed by atoms with Gasteiger partial charge < -0.3 is 9.88 Å². The minimum Gasteiger partial charge on any atom is -0.351 e. The van der Waals surface area contributed by atoms with E-state index in [0.29, 0.717) is 22.8 Å². The van der Waals surface area contributed by atoms with Gasteiger partial charge in [-0.05, 0) is 31.7 Å². The smallest absolute Gasteiger partial charge is 0.223 e. The second-order valence-electron chi connectivity index (χ2n) is 7.96. The summed E-state index contributed by atoms with van der Waals surface area (Å²) < 4.78 is 3.78.